The standard InChI is InChI=1S/C6H9BrIN3/c1-6(2,3)11-9-4(7)5(8)10-11/h1-3H3. The van der Waals surface area contributed by atoms with Gasteiger partial charge in [-0.3, -0.25) is 0 Å². The van der Waals surface area contributed by atoms with Crippen LogP contribution < -0.4 is 0 Å². The molecule has 5 heteroatoms. The Bertz CT molecular complexity index is 244. The molecule has 0 aliphatic rings. The van der Waals surface area contributed by atoms with Crippen molar-refractivity contribution < 1.29 is 0 Å². The third-order valence-corrected chi connectivity index (χ3v) is 3.14. The van der Waals surface area contributed by atoms with Gasteiger partial charge >= 0.3 is 0 Å². The second kappa shape index (κ2) is 3.01. The average molecular weight is 330 g/mol. The molecule has 0 radical (unpaired) electrons. The minimum atomic E-state index is -0.0358. The van der Waals surface area contributed by atoms with Crippen molar-refractivity contribution in [2.24, 2.45) is 0 Å². The highest BCUT2D eigenvalue weighted by molar-refractivity contribution is 14.1. The summed E-state index contributed by atoms with van der Waals surface area (Å²) in [5.41, 5.74) is -0.0358. The van der Waals surface area contributed by atoms with Crippen molar-refractivity contribution in [2.45, 2.75) is 26.3 Å². The maximum Gasteiger partial charge on any atom is 0.161 e. The first-order valence-corrected chi connectivity index (χ1v) is 5.07. The van der Waals surface area contributed by atoms with Crippen molar-refractivity contribution in [1.29, 1.82) is 0 Å². The Balaban J connectivity index is 3.08. The van der Waals surface area contributed by atoms with Crippen molar-refractivity contribution >= 4 is 38.5 Å². The Labute approximate surface area is 87.8 Å². The highest BCUT2D eigenvalue weighted by atomic mass is 127. The van der Waals surface area contributed by atoms with Crippen LogP contribution in [0.15, 0.2) is 4.60 Å². The van der Waals surface area contributed by atoms with E-state index in [9.17, 15) is 0 Å². The van der Waals surface area contributed by atoms with Gasteiger partial charge < -0.3 is 0 Å². The van der Waals surface area contributed by atoms with E-state index in [0.717, 1.165) is 8.30 Å². The minimum Gasteiger partial charge on any atom is -0.177 e. The third-order valence-electron chi connectivity index (χ3n) is 1.14. The molecule has 1 aromatic heterocycles. The molecule has 0 saturated heterocycles. The van der Waals surface area contributed by atoms with E-state index in [0.29, 0.717) is 0 Å². The van der Waals surface area contributed by atoms with E-state index < -0.39 is 0 Å². The summed E-state index contributed by atoms with van der Waals surface area (Å²) in [4.78, 5) is 1.71. The van der Waals surface area contributed by atoms with Gasteiger partial charge in [-0.2, -0.15) is 4.80 Å². The Morgan fingerprint density at radius 2 is 1.91 bits per heavy atom. The molecule has 0 spiro atoms. The van der Waals surface area contributed by atoms with Gasteiger partial charge in [-0.15, -0.1) is 10.2 Å². The number of hydrogen-bond acceptors (Lipinski definition) is 2. The van der Waals surface area contributed by atoms with Gasteiger partial charge in [-0.05, 0) is 59.3 Å². The van der Waals surface area contributed by atoms with Crippen molar-refractivity contribution in [2.75, 3.05) is 0 Å². The van der Waals surface area contributed by atoms with E-state index >= 15 is 0 Å². The third kappa shape index (κ3) is 2.14. The molecule has 0 aromatic carbocycles. The van der Waals surface area contributed by atoms with E-state index in [4.69, 9.17) is 0 Å². The number of rotatable bonds is 0. The Kier molecular flexibility index (Phi) is 2.58. The highest BCUT2D eigenvalue weighted by Crippen LogP contribution is 2.17. The number of nitrogens with zero attached hydrogens (tertiary/aromatic N) is 3. The maximum atomic E-state index is 4.23. The van der Waals surface area contributed by atoms with Gasteiger partial charge in [-0.1, -0.05) is 0 Å². The molecule has 0 aliphatic carbocycles. The van der Waals surface area contributed by atoms with Gasteiger partial charge in [0.25, 0.3) is 0 Å². The lowest BCUT2D eigenvalue weighted by Gasteiger charge is -2.16. The highest BCUT2D eigenvalue weighted by Gasteiger charge is 2.17. The molecule has 1 aromatic rings. The summed E-state index contributed by atoms with van der Waals surface area (Å²) in [5.74, 6) is 0. The van der Waals surface area contributed by atoms with Crippen LogP contribution in [-0.4, -0.2) is 15.0 Å². The summed E-state index contributed by atoms with van der Waals surface area (Å²) in [6, 6.07) is 0. The van der Waals surface area contributed by atoms with Crippen LogP contribution in [0.25, 0.3) is 0 Å². The lowest BCUT2D eigenvalue weighted by atomic mass is 10.1. The SMILES string of the molecule is CC(C)(C)n1nc(Br)c(I)n1. The van der Waals surface area contributed by atoms with Crippen LogP contribution in [0, 0.1) is 3.70 Å². The van der Waals surface area contributed by atoms with E-state index in [2.05, 4.69) is 69.5 Å². The van der Waals surface area contributed by atoms with E-state index in [-0.39, 0.29) is 5.54 Å². The van der Waals surface area contributed by atoms with Crippen LogP contribution in [-0.2, 0) is 5.54 Å². The van der Waals surface area contributed by atoms with Crippen LogP contribution in [0.4, 0.5) is 0 Å². The fraction of sp³-hybridized carbons (Fsp3) is 0.667. The largest absolute Gasteiger partial charge is 0.177 e. The first kappa shape index (κ1) is 9.44. The molecule has 3 nitrogen and oxygen atoms in total. The zero-order valence-corrected chi connectivity index (χ0v) is 10.3. The molecule has 0 amide bonds. The van der Waals surface area contributed by atoms with E-state index in [1.807, 2.05) is 0 Å². The molecule has 0 fully saturated rings. The first-order valence-electron chi connectivity index (χ1n) is 3.20. The molecule has 0 bridgehead atoms. The zero-order chi connectivity index (χ0) is 8.65. The van der Waals surface area contributed by atoms with Crippen molar-refractivity contribution in [3.63, 3.8) is 0 Å². The molecule has 62 valence electrons. The van der Waals surface area contributed by atoms with Gasteiger partial charge in [0.1, 0.15) is 0 Å². The molecule has 1 rings (SSSR count). The van der Waals surface area contributed by atoms with Gasteiger partial charge in [0.05, 0.1) is 5.54 Å². The predicted molar refractivity (Wildman–Crippen MR) is 55.4 cm³/mol. The molecule has 11 heavy (non-hydrogen) atoms. The number of aromatic nitrogens is 3. The van der Waals surface area contributed by atoms with Crippen LogP contribution in [0.2, 0.25) is 0 Å². The monoisotopic (exact) mass is 329 g/mol. The fourth-order valence-electron chi connectivity index (χ4n) is 0.571. The summed E-state index contributed by atoms with van der Waals surface area (Å²) in [6.45, 7) is 6.20. The lowest BCUT2D eigenvalue weighted by Crippen LogP contribution is -2.24. The van der Waals surface area contributed by atoms with Crippen LogP contribution >= 0.6 is 38.5 Å². The Morgan fingerprint density at radius 3 is 2.09 bits per heavy atom. The van der Waals surface area contributed by atoms with Gasteiger partial charge in [0.2, 0.25) is 0 Å². The minimum absolute atomic E-state index is 0.0358. The van der Waals surface area contributed by atoms with Gasteiger partial charge in [0, 0.05) is 0 Å². The molecule has 1 heterocycles. The van der Waals surface area contributed by atoms with Crippen molar-refractivity contribution in [1.82, 2.24) is 15.0 Å². The summed E-state index contributed by atoms with van der Waals surface area (Å²) in [5, 5.41) is 8.42. The lowest BCUT2D eigenvalue weighted by molar-refractivity contribution is 0.310. The van der Waals surface area contributed by atoms with Crippen LogP contribution in [0.1, 0.15) is 20.8 Å². The second-order valence-electron chi connectivity index (χ2n) is 3.24. The topological polar surface area (TPSA) is 30.7 Å². The Hall–Kier alpha value is 0.350. The molecule has 0 aliphatic heterocycles. The fourth-order valence-corrected chi connectivity index (χ4v) is 1.11. The molecule has 0 unspecified atom stereocenters. The average Bonchev–Trinajstić information content (AvgIpc) is 2.11. The summed E-state index contributed by atoms with van der Waals surface area (Å²) in [6.07, 6.45) is 0. The van der Waals surface area contributed by atoms with Crippen LogP contribution in [0.3, 0.4) is 0 Å². The first-order chi connectivity index (χ1) is 4.91. The van der Waals surface area contributed by atoms with Crippen molar-refractivity contribution in [3.8, 4) is 0 Å². The van der Waals surface area contributed by atoms with Gasteiger partial charge in [0.15, 0.2) is 8.30 Å². The molecule has 0 N–H and O–H groups in total. The molecule has 0 saturated carbocycles. The Morgan fingerprint density at radius 1 is 1.36 bits per heavy atom. The van der Waals surface area contributed by atoms with Crippen molar-refractivity contribution in [3.05, 3.63) is 8.30 Å². The second-order valence-corrected chi connectivity index (χ2v) is 5.01. The molecular weight excluding hydrogens is 321 g/mol. The smallest absolute Gasteiger partial charge is 0.161 e. The quantitative estimate of drug-likeness (QED) is 0.684. The molecule has 0 atom stereocenters. The summed E-state index contributed by atoms with van der Waals surface area (Å²) >= 11 is 5.45. The van der Waals surface area contributed by atoms with Crippen LogP contribution in [0.5, 0.6) is 0 Å². The normalized spacial score (nSPS) is 12.1. The summed E-state index contributed by atoms with van der Waals surface area (Å²) < 4.78 is 1.71. The number of halogens is 2. The molecular formula is C6H9BrIN3. The van der Waals surface area contributed by atoms with E-state index in [1.165, 1.54) is 0 Å². The van der Waals surface area contributed by atoms with Gasteiger partial charge in [-0.25, -0.2) is 0 Å². The zero-order valence-electron chi connectivity index (χ0n) is 6.60. The number of hydrogen-bond donors (Lipinski definition) is 0. The predicted octanol–water partition coefficient (Wildman–Crippen LogP) is 2.40. The van der Waals surface area contributed by atoms with E-state index in [1.54, 1.807) is 4.80 Å². The summed E-state index contributed by atoms with van der Waals surface area (Å²) in [7, 11) is 0. The maximum absolute atomic E-state index is 4.23.